The van der Waals surface area contributed by atoms with E-state index in [1.165, 1.54) is 22.5 Å². The highest BCUT2D eigenvalue weighted by Crippen LogP contribution is 2.24. The van der Waals surface area contributed by atoms with E-state index in [1.54, 1.807) is 38.1 Å². The summed E-state index contributed by atoms with van der Waals surface area (Å²) < 4.78 is 40.6. The van der Waals surface area contributed by atoms with Gasteiger partial charge < -0.3 is 5.32 Å². The summed E-state index contributed by atoms with van der Waals surface area (Å²) in [7, 11) is -3.52. The molecule has 0 aromatic heterocycles. The fourth-order valence-electron chi connectivity index (χ4n) is 3.91. The molecule has 2 aromatic carbocycles. The van der Waals surface area contributed by atoms with Gasteiger partial charge in [0, 0.05) is 41.8 Å². The van der Waals surface area contributed by atoms with Crippen molar-refractivity contribution in [3.63, 3.8) is 0 Å². The maximum Gasteiger partial charge on any atom is 0.243 e. The van der Waals surface area contributed by atoms with E-state index in [0.29, 0.717) is 61.8 Å². The van der Waals surface area contributed by atoms with Gasteiger partial charge in [0.15, 0.2) is 0 Å². The maximum absolute atomic E-state index is 14.0. The number of nitrogens with one attached hydrogen (secondary N) is 1. The lowest BCUT2D eigenvalue weighted by molar-refractivity contribution is -0.121. The lowest BCUT2D eigenvalue weighted by Crippen LogP contribution is -2.37. The first-order valence-electron chi connectivity index (χ1n) is 10.8. The van der Waals surface area contributed by atoms with Crippen molar-refractivity contribution in [3.05, 3.63) is 58.9 Å². The summed E-state index contributed by atoms with van der Waals surface area (Å²) >= 11 is 5.81. The van der Waals surface area contributed by atoms with Gasteiger partial charge in [-0.15, -0.1) is 0 Å². The Morgan fingerprint density at radius 3 is 2.31 bits per heavy atom. The summed E-state index contributed by atoms with van der Waals surface area (Å²) in [6.07, 6.45) is 1.35. The first kappa shape index (κ1) is 24.6. The summed E-state index contributed by atoms with van der Waals surface area (Å²) in [5, 5.41) is 3.26. The predicted octanol–water partition coefficient (Wildman–Crippen LogP) is 4.36. The monoisotopic (exact) mass is 481 g/mol. The van der Waals surface area contributed by atoms with Crippen LogP contribution in [0, 0.1) is 11.7 Å². The molecule has 0 saturated carbocycles. The third-order valence-electron chi connectivity index (χ3n) is 5.83. The molecule has 32 heavy (non-hydrogen) atoms. The van der Waals surface area contributed by atoms with E-state index in [1.807, 2.05) is 0 Å². The molecule has 1 aliphatic heterocycles. The van der Waals surface area contributed by atoms with Crippen LogP contribution in [0.15, 0.2) is 47.4 Å². The number of carbonyl (C=O) groups excluding carboxylic acids is 1. The maximum atomic E-state index is 14.0. The third kappa shape index (κ3) is 5.86. The van der Waals surface area contributed by atoms with Gasteiger partial charge in [-0.05, 0) is 62.3 Å². The minimum absolute atomic E-state index is 0.0818. The molecule has 0 atom stereocenters. The number of hydrogen-bond donors (Lipinski definition) is 1. The van der Waals surface area contributed by atoms with Crippen LogP contribution in [0.25, 0.3) is 0 Å². The van der Waals surface area contributed by atoms with Gasteiger partial charge in [0.25, 0.3) is 0 Å². The second kappa shape index (κ2) is 10.7. The second-order valence-corrected chi connectivity index (χ2v) is 10.3. The van der Waals surface area contributed by atoms with E-state index >= 15 is 0 Å². The van der Waals surface area contributed by atoms with Crippen LogP contribution in [-0.2, 0) is 21.4 Å². The van der Waals surface area contributed by atoms with Crippen LogP contribution in [0.2, 0.25) is 5.02 Å². The van der Waals surface area contributed by atoms with Gasteiger partial charge in [-0.2, -0.15) is 4.31 Å². The fraction of sp³-hybridized carbons (Fsp3) is 0.435. The smallest absolute Gasteiger partial charge is 0.243 e. The molecule has 0 bridgehead atoms. The Labute approximate surface area is 194 Å². The molecule has 1 fully saturated rings. The first-order chi connectivity index (χ1) is 15.2. The number of benzene rings is 2. The molecule has 0 unspecified atom stereocenters. The van der Waals surface area contributed by atoms with E-state index in [9.17, 15) is 17.6 Å². The number of halogens is 2. The zero-order valence-corrected chi connectivity index (χ0v) is 19.9. The normalized spacial score (nSPS) is 15.8. The Hall–Kier alpha value is -2.00. The number of carbonyl (C=O) groups is 1. The number of rotatable bonds is 8. The summed E-state index contributed by atoms with van der Waals surface area (Å²) in [5.74, 6) is -0.536. The van der Waals surface area contributed by atoms with E-state index in [-0.39, 0.29) is 22.5 Å². The molecule has 3 rings (SSSR count). The van der Waals surface area contributed by atoms with E-state index < -0.39 is 10.0 Å². The molecular formula is C23H29ClFN3O3S. The first-order valence-corrected chi connectivity index (χ1v) is 12.6. The topological polar surface area (TPSA) is 69.7 Å². The number of piperidine rings is 1. The molecule has 9 heteroatoms. The average molecular weight is 482 g/mol. The summed E-state index contributed by atoms with van der Waals surface area (Å²) in [6, 6.07) is 11.0. The highest BCUT2D eigenvalue weighted by Gasteiger charge is 2.26. The Morgan fingerprint density at radius 1 is 1.12 bits per heavy atom. The van der Waals surface area contributed by atoms with Crippen LogP contribution in [0.1, 0.15) is 32.3 Å². The van der Waals surface area contributed by atoms with Crippen LogP contribution in [-0.4, -0.2) is 49.7 Å². The Kier molecular flexibility index (Phi) is 8.27. The SMILES string of the molecule is CCN(CC)S(=O)(=O)c1ccc(NC(=O)C2CCN(Cc3ccc(Cl)cc3F)CC2)cc1. The van der Waals surface area contributed by atoms with Crippen molar-refractivity contribution in [2.24, 2.45) is 5.92 Å². The highest BCUT2D eigenvalue weighted by molar-refractivity contribution is 7.89. The van der Waals surface area contributed by atoms with Crippen molar-refractivity contribution in [3.8, 4) is 0 Å². The van der Waals surface area contributed by atoms with Crippen molar-refractivity contribution in [2.45, 2.75) is 38.1 Å². The predicted molar refractivity (Wildman–Crippen MR) is 125 cm³/mol. The van der Waals surface area contributed by atoms with Crippen LogP contribution in [0.5, 0.6) is 0 Å². The molecule has 1 saturated heterocycles. The van der Waals surface area contributed by atoms with Crippen LogP contribution in [0.4, 0.5) is 10.1 Å². The lowest BCUT2D eigenvalue weighted by Gasteiger charge is -2.31. The number of likely N-dealkylation sites (tertiary alicyclic amines) is 1. The molecule has 0 radical (unpaired) electrons. The van der Waals surface area contributed by atoms with Crippen LogP contribution < -0.4 is 5.32 Å². The van der Waals surface area contributed by atoms with Gasteiger partial charge in [0.05, 0.1) is 4.90 Å². The molecule has 2 aromatic rings. The Balaban J connectivity index is 1.53. The Morgan fingerprint density at radius 2 is 1.75 bits per heavy atom. The quantitative estimate of drug-likeness (QED) is 0.608. The van der Waals surface area contributed by atoms with Gasteiger partial charge in [-0.3, -0.25) is 9.69 Å². The average Bonchev–Trinajstić information content (AvgIpc) is 2.77. The largest absolute Gasteiger partial charge is 0.326 e. The van der Waals surface area contributed by atoms with E-state index in [4.69, 9.17) is 11.6 Å². The second-order valence-electron chi connectivity index (χ2n) is 7.89. The zero-order valence-electron chi connectivity index (χ0n) is 18.4. The van der Waals surface area contributed by atoms with Gasteiger partial charge in [0.1, 0.15) is 5.82 Å². The van der Waals surface area contributed by atoms with Crippen molar-refractivity contribution < 1.29 is 17.6 Å². The molecule has 1 amide bonds. The van der Waals surface area contributed by atoms with Crippen molar-refractivity contribution in [1.29, 1.82) is 0 Å². The summed E-state index contributed by atoms with van der Waals surface area (Å²) in [4.78, 5) is 15.0. The molecule has 1 aliphatic rings. The number of anilines is 1. The minimum Gasteiger partial charge on any atom is -0.326 e. The molecule has 1 heterocycles. The fourth-order valence-corrected chi connectivity index (χ4v) is 5.53. The minimum atomic E-state index is -3.52. The van der Waals surface area contributed by atoms with Crippen molar-refractivity contribution in [2.75, 3.05) is 31.5 Å². The molecule has 1 N–H and O–H groups in total. The van der Waals surface area contributed by atoms with Crippen molar-refractivity contribution in [1.82, 2.24) is 9.21 Å². The van der Waals surface area contributed by atoms with Gasteiger partial charge >= 0.3 is 0 Å². The van der Waals surface area contributed by atoms with Gasteiger partial charge in [-0.25, -0.2) is 12.8 Å². The highest BCUT2D eigenvalue weighted by atomic mass is 35.5. The molecule has 0 spiro atoms. The number of hydrogen-bond acceptors (Lipinski definition) is 4. The molecule has 6 nitrogen and oxygen atoms in total. The Bertz CT molecular complexity index is 1030. The van der Waals surface area contributed by atoms with Crippen LogP contribution in [0.3, 0.4) is 0 Å². The number of sulfonamides is 1. The zero-order chi connectivity index (χ0) is 23.3. The third-order valence-corrected chi connectivity index (χ3v) is 8.13. The molecule has 174 valence electrons. The summed E-state index contributed by atoms with van der Waals surface area (Å²) in [5.41, 5.74) is 1.16. The lowest BCUT2D eigenvalue weighted by atomic mass is 9.95. The van der Waals surface area contributed by atoms with Crippen LogP contribution >= 0.6 is 11.6 Å². The van der Waals surface area contributed by atoms with Crippen molar-refractivity contribution >= 4 is 33.2 Å². The molecular weight excluding hydrogens is 453 g/mol. The van der Waals surface area contributed by atoms with Gasteiger partial charge in [-0.1, -0.05) is 31.5 Å². The standard InChI is InChI=1S/C23H29ClFN3O3S/c1-3-28(4-2)32(30,31)21-9-7-20(8-10-21)26-23(29)17-11-13-27(14-12-17)16-18-5-6-19(24)15-22(18)25/h5-10,15,17H,3-4,11-14,16H2,1-2H3,(H,26,29). The number of amides is 1. The van der Waals surface area contributed by atoms with E-state index in [2.05, 4.69) is 10.2 Å². The molecule has 0 aliphatic carbocycles. The number of nitrogens with zero attached hydrogens (tertiary/aromatic N) is 2. The van der Waals surface area contributed by atoms with Gasteiger partial charge in [0.2, 0.25) is 15.9 Å². The van der Waals surface area contributed by atoms with E-state index in [0.717, 1.165) is 0 Å². The summed E-state index contributed by atoms with van der Waals surface area (Å²) in [6.45, 7) is 6.28.